The van der Waals surface area contributed by atoms with E-state index < -0.39 is 22.8 Å². The number of nitro benzene ring substituents is 1. The number of carbonyl (C=O) groups is 3. The first-order chi connectivity index (χ1) is 17.3. The molecule has 4 amide bonds. The zero-order valence-corrected chi connectivity index (χ0v) is 20.9. The third-order valence-corrected chi connectivity index (χ3v) is 6.01. The molecule has 0 aromatic heterocycles. The molecule has 4 rings (SSSR count). The van der Waals surface area contributed by atoms with E-state index >= 15 is 0 Å². The van der Waals surface area contributed by atoms with Crippen molar-refractivity contribution in [2.45, 2.75) is 6.61 Å². The summed E-state index contributed by atoms with van der Waals surface area (Å²) in [6.45, 7) is 0.320. The third-order valence-electron chi connectivity index (χ3n) is 5.21. The Bertz CT molecular complexity index is 1390. The molecule has 10 nitrogen and oxygen atoms in total. The van der Waals surface area contributed by atoms with Gasteiger partial charge >= 0.3 is 6.03 Å². The van der Waals surface area contributed by atoms with E-state index in [4.69, 9.17) is 9.47 Å². The van der Waals surface area contributed by atoms with E-state index in [1.165, 1.54) is 25.3 Å². The van der Waals surface area contributed by atoms with Crippen LogP contribution in [0.4, 0.5) is 16.2 Å². The number of urea groups is 1. The molecular weight excluding hydrogens is 581 g/mol. The van der Waals surface area contributed by atoms with E-state index in [1.54, 1.807) is 12.1 Å². The van der Waals surface area contributed by atoms with Gasteiger partial charge in [0.1, 0.15) is 12.2 Å². The Kier molecular flexibility index (Phi) is 7.29. The molecule has 0 saturated carbocycles. The Morgan fingerprint density at radius 3 is 2.39 bits per heavy atom. The number of anilines is 1. The van der Waals surface area contributed by atoms with Gasteiger partial charge in [-0.05, 0) is 64.1 Å². The predicted molar refractivity (Wildman–Crippen MR) is 139 cm³/mol. The molecule has 1 saturated heterocycles. The molecule has 0 bridgehead atoms. The van der Waals surface area contributed by atoms with Crippen molar-refractivity contribution >= 4 is 57.9 Å². The van der Waals surface area contributed by atoms with Gasteiger partial charge in [0, 0.05) is 12.1 Å². The number of rotatable bonds is 7. The Balaban J connectivity index is 1.63. The number of hydrogen-bond acceptors (Lipinski definition) is 7. The molecular formula is C25H18IN3O7. The molecule has 11 heteroatoms. The van der Waals surface area contributed by atoms with E-state index in [0.717, 1.165) is 22.6 Å². The highest BCUT2D eigenvalue weighted by molar-refractivity contribution is 14.1. The van der Waals surface area contributed by atoms with E-state index in [9.17, 15) is 24.5 Å². The fraction of sp³-hybridized carbons (Fsp3) is 0.0800. The van der Waals surface area contributed by atoms with Gasteiger partial charge in [0.2, 0.25) is 0 Å². The van der Waals surface area contributed by atoms with Crippen LogP contribution in [0, 0.1) is 13.7 Å². The lowest BCUT2D eigenvalue weighted by molar-refractivity contribution is -0.384. The van der Waals surface area contributed by atoms with Crippen molar-refractivity contribution in [1.29, 1.82) is 0 Å². The molecule has 36 heavy (non-hydrogen) atoms. The summed E-state index contributed by atoms with van der Waals surface area (Å²) >= 11 is 2.07. The van der Waals surface area contributed by atoms with E-state index in [2.05, 4.69) is 27.9 Å². The Hall–Kier alpha value is -4.26. The number of nitrogens with zero attached hydrogens (tertiary/aromatic N) is 2. The summed E-state index contributed by atoms with van der Waals surface area (Å²) in [4.78, 5) is 49.1. The van der Waals surface area contributed by atoms with Crippen LogP contribution in [0.1, 0.15) is 11.1 Å². The first-order valence-electron chi connectivity index (χ1n) is 10.5. The van der Waals surface area contributed by atoms with Gasteiger partial charge < -0.3 is 9.47 Å². The molecule has 1 aliphatic rings. The highest BCUT2D eigenvalue weighted by atomic mass is 127. The van der Waals surface area contributed by atoms with Crippen LogP contribution < -0.4 is 19.7 Å². The van der Waals surface area contributed by atoms with Crippen molar-refractivity contribution < 1.29 is 28.8 Å². The van der Waals surface area contributed by atoms with Gasteiger partial charge in [-0.25, -0.2) is 9.69 Å². The van der Waals surface area contributed by atoms with Gasteiger partial charge in [0.25, 0.3) is 17.5 Å². The maximum absolute atomic E-state index is 13.1. The van der Waals surface area contributed by atoms with Crippen LogP contribution in [-0.4, -0.2) is 29.9 Å². The van der Waals surface area contributed by atoms with Crippen LogP contribution in [-0.2, 0) is 16.2 Å². The van der Waals surface area contributed by atoms with Gasteiger partial charge in [-0.2, -0.15) is 0 Å². The second-order valence-corrected chi connectivity index (χ2v) is 8.70. The minimum Gasteiger partial charge on any atom is -0.493 e. The third kappa shape index (κ3) is 5.20. The zero-order chi connectivity index (χ0) is 25.8. The van der Waals surface area contributed by atoms with Crippen LogP contribution in [0.2, 0.25) is 0 Å². The number of nitro groups is 1. The number of carbonyl (C=O) groups excluding carboxylic acids is 3. The monoisotopic (exact) mass is 599 g/mol. The number of ether oxygens (including phenoxy) is 2. The molecule has 0 unspecified atom stereocenters. The summed E-state index contributed by atoms with van der Waals surface area (Å²) < 4.78 is 12.1. The fourth-order valence-corrected chi connectivity index (χ4v) is 4.26. The second kappa shape index (κ2) is 10.6. The van der Waals surface area contributed by atoms with E-state index in [1.807, 2.05) is 30.3 Å². The van der Waals surface area contributed by atoms with E-state index in [-0.39, 0.29) is 16.9 Å². The smallest absolute Gasteiger partial charge is 0.335 e. The second-order valence-electron chi connectivity index (χ2n) is 7.54. The largest absolute Gasteiger partial charge is 0.493 e. The number of hydrogen-bond donors (Lipinski definition) is 1. The summed E-state index contributed by atoms with van der Waals surface area (Å²) in [5, 5.41) is 13.0. The summed E-state index contributed by atoms with van der Waals surface area (Å²) in [5.74, 6) is -0.819. The lowest BCUT2D eigenvalue weighted by atomic mass is 10.1. The number of nitrogens with one attached hydrogen (secondary N) is 1. The molecule has 3 aromatic rings. The number of non-ortho nitro benzene ring substituents is 1. The Morgan fingerprint density at radius 2 is 1.75 bits per heavy atom. The molecule has 1 heterocycles. The number of amides is 4. The molecule has 1 N–H and O–H groups in total. The normalized spacial score (nSPS) is 14.6. The highest BCUT2D eigenvalue weighted by Gasteiger charge is 2.37. The number of methoxy groups -OCH3 is 1. The number of benzene rings is 3. The molecule has 0 aliphatic carbocycles. The molecule has 0 radical (unpaired) electrons. The lowest BCUT2D eigenvalue weighted by Gasteiger charge is -2.26. The standard InChI is InChI=1S/C25H18IN3O7/c1-35-21-13-16(12-20(26)22(21)36-14-15-5-3-2-4-6-15)11-19-23(30)27-25(32)28(24(19)31)17-7-9-18(10-8-17)29(33)34/h2-13H,14H2,1H3,(H,27,30,32)/b19-11+. The Morgan fingerprint density at radius 1 is 1.06 bits per heavy atom. The summed E-state index contributed by atoms with van der Waals surface area (Å²) in [5.41, 5.74) is 1.04. The first-order valence-corrected chi connectivity index (χ1v) is 11.6. The number of halogens is 1. The Labute approximate surface area is 218 Å². The van der Waals surface area contributed by atoms with Crippen LogP contribution in [0.15, 0.2) is 72.3 Å². The van der Waals surface area contributed by atoms with Gasteiger partial charge in [-0.3, -0.25) is 25.0 Å². The maximum atomic E-state index is 13.1. The van der Waals surface area contributed by atoms with Gasteiger partial charge in [0.05, 0.1) is 21.3 Å². The number of barbiturate groups is 1. The topological polar surface area (TPSA) is 128 Å². The quantitative estimate of drug-likeness (QED) is 0.140. The molecule has 0 spiro atoms. The van der Waals surface area contributed by atoms with E-state index in [0.29, 0.717) is 27.2 Å². The maximum Gasteiger partial charge on any atom is 0.335 e. The van der Waals surface area contributed by atoms with Gasteiger partial charge in [-0.15, -0.1) is 0 Å². The van der Waals surface area contributed by atoms with Crippen LogP contribution in [0.3, 0.4) is 0 Å². The molecule has 1 aliphatic heterocycles. The molecule has 1 fully saturated rings. The van der Waals surface area contributed by atoms with Gasteiger partial charge in [-0.1, -0.05) is 30.3 Å². The van der Waals surface area contributed by atoms with Crippen LogP contribution in [0.25, 0.3) is 6.08 Å². The first kappa shape index (κ1) is 24.9. The minimum atomic E-state index is -0.951. The minimum absolute atomic E-state index is 0.0818. The molecule has 3 aromatic carbocycles. The average molecular weight is 599 g/mol. The summed E-state index contributed by atoms with van der Waals surface area (Å²) in [6, 6.07) is 16.8. The predicted octanol–water partition coefficient (Wildman–Crippen LogP) is 4.45. The van der Waals surface area contributed by atoms with Crippen molar-refractivity contribution in [3.63, 3.8) is 0 Å². The average Bonchev–Trinajstić information content (AvgIpc) is 2.86. The van der Waals surface area contributed by atoms with Crippen molar-refractivity contribution in [2.75, 3.05) is 12.0 Å². The molecule has 0 atom stereocenters. The summed E-state index contributed by atoms with van der Waals surface area (Å²) in [7, 11) is 1.48. The van der Waals surface area contributed by atoms with Crippen molar-refractivity contribution in [2.24, 2.45) is 0 Å². The SMILES string of the molecule is COc1cc(/C=C2\C(=O)NC(=O)N(c3ccc([N+](=O)[O-])cc3)C2=O)cc(I)c1OCc1ccccc1. The van der Waals surface area contributed by atoms with Crippen molar-refractivity contribution in [3.8, 4) is 11.5 Å². The highest BCUT2D eigenvalue weighted by Crippen LogP contribution is 2.35. The fourth-order valence-electron chi connectivity index (χ4n) is 3.47. The summed E-state index contributed by atoms with van der Waals surface area (Å²) in [6.07, 6.45) is 1.34. The zero-order valence-electron chi connectivity index (χ0n) is 18.8. The van der Waals surface area contributed by atoms with Crippen molar-refractivity contribution in [3.05, 3.63) is 97.1 Å². The number of imide groups is 2. The van der Waals surface area contributed by atoms with Crippen LogP contribution >= 0.6 is 22.6 Å². The van der Waals surface area contributed by atoms with Gasteiger partial charge in [0.15, 0.2) is 11.5 Å². The molecule has 182 valence electrons. The lowest BCUT2D eigenvalue weighted by Crippen LogP contribution is -2.54. The van der Waals surface area contributed by atoms with Crippen molar-refractivity contribution in [1.82, 2.24) is 5.32 Å². The van der Waals surface area contributed by atoms with Crippen LogP contribution in [0.5, 0.6) is 11.5 Å².